The second-order valence-corrected chi connectivity index (χ2v) is 6.23. The molecule has 0 aliphatic rings. The molecule has 0 saturated carbocycles. The number of anilines is 1. The maximum atomic E-state index is 13.0. The van der Waals surface area contributed by atoms with Gasteiger partial charge in [-0.1, -0.05) is 12.1 Å². The largest absolute Gasteiger partial charge is 0.494 e. The molecule has 1 amide bonds. The molecule has 6 heteroatoms. The number of benzene rings is 2. The van der Waals surface area contributed by atoms with Gasteiger partial charge in [-0.05, 0) is 55.0 Å². The van der Waals surface area contributed by atoms with Crippen molar-refractivity contribution in [3.05, 3.63) is 71.4 Å². The predicted molar refractivity (Wildman–Crippen MR) is 103 cm³/mol. The first-order valence-corrected chi connectivity index (χ1v) is 8.95. The lowest BCUT2D eigenvalue weighted by Gasteiger charge is -2.02. The minimum absolute atomic E-state index is 0.265. The predicted octanol–water partition coefficient (Wildman–Crippen LogP) is 5.00. The van der Waals surface area contributed by atoms with E-state index in [4.69, 9.17) is 4.74 Å². The normalized spacial score (nSPS) is 10.8. The molecule has 2 aromatic carbocycles. The molecule has 1 heterocycles. The zero-order chi connectivity index (χ0) is 18.4. The summed E-state index contributed by atoms with van der Waals surface area (Å²) in [5, 5.41) is 5.04. The van der Waals surface area contributed by atoms with Gasteiger partial charge in [-0.2, -0.15) is 0 Å². The molecule has 132 valence electrons. The lowest BCUT2D eigenvalue weighted by atomic mass is 10.2. The highest BCUT2D eigenvalue weighted by atomic mass is 32.1. The van der Waals surface area contributed by atoms with Crippen molar-refractivity contribution in [2.45, 2.75) is 6.92 Å². The van der Waals surface area contributed by atoms with Gasteiger partial charge in [0.1, 0.15) is 11.6 Å². The molecule has 26 heavy (non-hydrogen) atoms. The Kier molecular flexibility index (Phi) is 5.76. The van der Waals surface area contributed by atoms with E-state index >= 15 is 0 Å². The van der Waals surface area contributed by atoms with Gasteiger partial charge in [0.2, 0.25) is 5.91 Å². The number of nitrogens with one attached hydrogen (secondary N) is 1. The molecule has 0 spiro atoms. The lowest BCUT2D eigenvalue weighted by molar-refractivity contribution is -0.111. The van der Waals surface area contributed by atoms with Gasteiger partial charge < -0.3 is 4.74 Å². The first kappa shape index (κ1) is 17.8. The molecule has 0 fully saturated rings. The first-order valence-electron chi connectivity index (χ1n) is 8.07. The third-order valence-corrected chi connectivity index (χ3v) is 4.25. The molecule has 0 aliphatic heterocycles. The molecule has 0 unspecified atom stereocenters. The van der Waals surface area contributed by atoms with Crippen LogP contribution in [0, 0.1) is 5.82 Å². The van der Waals surface area contributed by atoms with Gasteiger partial charge >= 0.3 is 0 Å². The van der Waals surface area contributed by atoms with E-state index in [2.05, 4.69) is 10.3 Å². The van der Waals surface area contributed by atoms with Gasteiger partial charge in [0.25, 0.3) is 0 Å². The van der Waals surface area contributed by atoms with Crippen LogP contribution in [-0.2, 0) is 4.79 Å². The summed E-state index contributed by atoms with van der Waals surface area (Å²) in [5.74, 6) is 0.237. The smallest absolute Gasteiger partial charge is 0.250 e. The molecule has 3 aromatic rings. The van der Waals surface area contributed by atoms with Crippen LogP contribution in [0.1, 0.15) is 12.5 Å². The standard InChI is InChI=1S/C20H17FN2O2S/c1-2-25-17-10-3-14(4-11-17)5-12-19(24)23-20-22-18(13-26-20)15-6-8-16(21)9-7-15/h3-13H,2H2,1H3,(H,22,23,24). The summed E-state index contributed by atoms with van der Waals surface area (Å²) in [6, 6.07) is 13.5. The highest BCUT2D eigenvalue weighted by molar-refractivity contribution is 7.14. The number of carbonyl (C=O) groups excluding carboxylic acids is 1. The van der Waals surface area contributed by atoms with Crippen molar-refractivity contribution in [1.29, 1.82) is 0 Å². The van der Waals surface area contributed by atoms with Crippen LogP contribution in [0.5, 0.6) is 5.75 Å². The zero-order valence-electron chi connectivity index (χ0n) is 14.1. The zero-order valence-corrected chi connectivity index (χ0v) is 14.9. The summed E-state index contributed by atoms with van der Waals surface area (Å²) in [5.41, 5.74) is 2.39. The number of hydrogen-bond donors (Lipinski definition) is 1. The second kappa shape index (κ2) is 8.40. The topological polar surface area (TPSA) is 51.2 Å². The van der Waals surface area contributed by atoms with Crippen molar-refractivity contribution >= 4 is 28.5 Å². The fourth-order valence-corrected chi connectivity index (χ4v) is 2.97. The fraction of sp³-hybridized carbons (Fsp3) is 0.100. The van der Waals surface area contributed by atoms with Crippen LogP contribution in [0.25, 0.3) is 17.3 Å². The van der Waals surface area contributed by atoms with Gasteiger partial charge in [-0.15, -0.1) is 11.3 Å². The number of amides is 1. The molecule has 0 bridgehead atoms. The highest BCUT2D eigenvalue weighted by Gasteiger charge is 2.06. The van der Waals surface area contributed by atoms with Crippen LogP contribution in [0.3, 0.4) is 0 Å². The van der Waals surface area contributed by atoms with E-state index in [0.717, 1.165) is 16.9 Å². The third-order valence-electron chi connectivity index (χ3n) is 3.49. The number of carbonyl (C=O) groups is 1. The average molecular weight is 368 g/mol. The Bertz CT molecular complexity index is 902. The quantitative estimate of drug-likeness (QED) is 0.623. The van der Waals surface area contributed by atoms with E-state index < -0.39 is 0 Å². The monoisotopic (exact) mass is 368 g/mol. The van der Waals surface area contributed by atoms with E-state index in [9.17, 15) is 9.18 Å². The summed E-state index contributed by atoms with van der Waals surface area (Å²) < 4.78 is 18.4. The molecule has 0 radical (unpaired) electrons. The van der Waals surface area contributed by atoms with E-state index in [1.54, 1.807) is 18.2 Å². The van der Waals surface area contributed by atoms with Crippen LogP contribution in [0.2, 0.25) is 0 Å². The molecule has 1 aromatic heterocycles. The number of nitrogens with zero attached hydrogens (tertiary/aromatic N) is 1. The Hall–Kier alpha value is -2.99. The van der Waals surface area contributed by atoms with Crippen molar-refractivity contribution in [2.75, 3.05) is 11.9 Å². The van der Waals surface area contributed by atoms with Crippen LogP contribution < -0.4 is 10.1 Å². The van der Waals surface area contributed by atoms with E-state index in [-0.39, 0.29) is 11.7 Å². The minimum atomic E-state index is -0.295. The molecule has 4 nitrogen and oxygen atoms in total. The van der Waals surface area contributed by atoms with Gasteiger partial charge in [0, 0.05) is 17.0 Å². The number of thiazole rings is 1. The van der Waals surface area contributed by atoms with Crippen molar-refractivity contribution < 1.29 is 13.9 Å². The van der Waals surface area contributed by atoms with E-state index in [1.807, 2.05) is 36.6 Å². The summed E-state index contributed by atoms with van der Waals surface area (Å²) in [6.07, 6.45) is 3.17. The van der Waals surface area contributed by atoms with Gasteiger partial charge in [-0.3, -0.25) is 10.1 Å². The Morgan fingerprint density at radius 1 is 1.19 bits per heavy atom. The van der Waals surface area contributed by atoms with Gasteiger partial charge in [0.05, 0.1) is 12.3 Å². The molecular formula is C20H17FN2O2S. The van der Waals surface area contributed by atoms with Crippen LogP contribution in [-0.4, -0.2) is 17.5 Å². The van der Waals surface area contributed by atoms with Crippen molar-refractivity contribution in [1.82, 2.24) is 4.98 Å². The van der Waals surface area contributed by atoms with E-state index in [0.29, 0.717) is 17.4 Å². The molecule has 0 aliphatic carbocycles. The van der Waals surface area contributed by atoms with Crippen molar-refractivity contribution in [3.8, 4) is 17.0 Å². The number of halogens is 1. The maximum Gasteiger partial charge on any atom is 0.250 e. The Labute approximate surface area is 155 Å². The summed E-state index contributed by atoms with van der Waals surface area (Å²) >= 11 is 1.32. The molecule has 1 N–H and O–H groups in total. The lowest BCUT2D eigenvalue weighted by Crippen LogP contribution is -2.07. The molecule has 0 saturated heterocycles. The summed E-state index contributed by atoms with van der Waals surface area (Å²) in [4.78, 5) is 16.4. The summed E-state index contributed by atoms with van der Waals surface area (Å²) in [7, 11) is 0. The van der Waals surface area contributed by atoms with Crippen LogP contribution in [0.4, 0.5) is 9.52 Å². The number of aromatic nitrogens is 1. The van der Waals surface area contributed by atoms with Crippen molar-refractivity contribution in [3.63, 3.8) is 0 Å². The Morgan fingerprint density at radius 2 is 1.92 bits per heavy atom. The first-order chi connectivity index (χ1) is 12.6. The molecular weight excluding hydrogens is 351 g/mol. The van der Waals surface area contributed by atoms with Crippen LogP contribution in [0.15, 0.2) is 60.0 Å². The minimum Gasteiger partial charge on any atom is -0.494 e. The maximum absolute atomic E-state index is 13.0. The van der Waals surface area contributed by atoms with Crippen molar-refractivity contribution in [2.24, 2.45) is 0 Å². The number of rotatable bonds is 6. The molecule has 0 atom stereocenters. The summed E-state index contributed by atoms with van der Waals surface area (Å²) in [6.45, 7) is 2.55. The van der Waals surface area contributed by atoms with Gasteiger partial charge in [-0.25, -0.2) is 9.37 Å². The second-order valence-electron chi connectivity index (χ2n) is 5.37. The number of ether oxygens (including phenoxy) is 1. The van der Waals surface area contributed by atoms with E-state index in [1.165, 1.54) is 29.5 Å². The Morgan fingerprint density at radius 3 is 2.62 bits per heavy atom. The molecule has 3 rings (SSSR count). The third kappa shape index (κ3) is 4.77. The highest BCUT2D eigenvalue weighted by Crippen LogP contribution is 2.25. The Balaban J connectivity index is 1.60. The van der Waals surface area contributed by atoms with Crippen LogP contribution >= 0.6 is 11.3 Å². The SMILES string of the molecule is CCOc1ccc(C=CC(=O)Nc2nc(-c3ccc(F)cc3)cs2)cc1. The number of hydrogen-bond acceptors (Lipinski definition) is 4. The fourth-order valence-electron chi connectivity index (χ4n) is 2.25. The van der Waals surface area contributed by atoms with Gasteiger partial charge in [0.15, 0.2) is 5.13 Å². The average Bonchev–Trinajstić information content (AvgIpc) is 3.10.